The number of piperazine rings is 2. The summed E-state index contributed by atoms with van der Waals surface area (Å²) in [5, 5.41) is 5.93. The Kier molecular flexibility index (Phi) is 13.2. The zero-order valence-electron chi connectivity index (χ0n) is 31.2. The topological polar surface area (TPSA) is 116 Å². The van der Waals surface area contributed by atoms with E-state index in [0.717, 1.165) is 47.5 Å². The van der Waals surface area contributed by atoms with E-state index in [1.165, 1.54) is 5.56 Å². The van der Waals surface area contributed by atoms with Crippen LogP contribution < -0.4 is 14.5 Å². The number of anilines is 2. The highest BCUT2D eigenvalue weighted by Gasteiger charge is 2.31. The second-order valence-electron chi connectivity index (χ2n) is 13.3. The van der Waals surface area contributed by atoms with Crippen LogP contribution in [0.4, 0.5) is 10.3 Å². The molecule has 0 amide bonds. The maximum absolute atomic E-state index is 12.9. The largest absolute Gasteiger partial charge is 0.497 e. The molecule has 0 N–H and O–H groups in total. The molecule has 0 radical (unpaired) electrons. The van der Waals surface area contributed by atoms with Crippen LogP contribution in [-0.2, 0) is 20.0 Å². The van der Waals surface area contributed by atoms with Crippen LogP contribution in [0.15, 0.2) is 127 Å². The van der Waals surface area contributed by atoms with Gasteiger partial charge in [-0.1, -0.05) is 79.9 Å². The van der Waals surface area contributed by atoms with E-state index < -0.39 is 20.0 Å². The predicted octanol–water partition coefficient (Wildman–Crippen LogP) is 8.48. The number of ether oxygens (including phenoxy) is 1. The van der Waals surface area contributed by atoms with E-state index in [2.05, 4.69) is 72.2 Å². The average Bonchev–Trinajstić information content (AvgIpc) is 3.93. The lowest BCUT2D eigenvalue weighted by Gasteiger charge is -2.33. The van der Waals surface area contributed by atoms with Crippen LogP contribution in [0, 0.1) is 6.92 Å². The van der Waals surface area contributed by atoms with Crippen LogP contribution in [-0.4, -0.2) is 94.9 Å². The summed E-state index contributed by atoms with van der Waals surface area (Å²) in [7, 11) is -5.32. The van der Waals surface area contributed by atoms with Gasteiger partial charge in [-0.15, -0.1) is 22.7 Å². The number of nitrogens with zero attached hydrogens (tertiary/aromatic N) is 6. The number of aromatic nitrogens is 2. The summed E-state index contributed by atoms with van der Waals surface area (Å²) >= 11 is 9.87. The molecular formula is C40H40Br2N6O5S4. The second-order valence-corrected chi connectivity index (χ2v) is 20.7. The number of aryl methyl sites for hydroxylation is 1. The number of sulfonamides is 2. The Morgan fingerprint density at radius 1 is 0.579 bits per heavy atom. The van der Waals surface area contributed by atoms with Gasteiger partial charge in [0.25, 0.3) is 0 Å². The van der Waals surface area contributed by atoms with E-state index in [4.69, 9.17) is 14.7 Å². The summed E-state index contributed by atoms with van der Waals surface area (Å²) in [6.07, 6.45) is 0. The highest BCUT2D eigenvalue weighted by atomic mass is 79.9. The Bertz CT molecular complexity index is 2550. The molecule has 8 rings (SSSR count). The lowest BCUT2D eigenvalue weighted by molar-refractivity contribution is 0.384. The number of methoxy groups -OCH3 is 1. The second kappa shape index (κ2) is 18.1. The van der Waals surface area contributed by atoms with Crippen LogP contribution in [0.1, 0.15) is 5.56 Å². The standard InChI is InChI=1S/C20H20BrN3O3S2.C20H20BrN3O2S2/c1-27-17-6-2-4-15(12-17)19-14-28-20(22-19)23-8-10-24(11-9-23)29(25,26)18-7-3-5-16(21)13-18;1-15-4-2-5-16(12-15)19-14-27-20(22-19)23-8-10-24(11-9-23)28(25,26)18-7-3-6-17(21)13-18/h2-7,12-14H,8-11H2,1H3;2-7,12-14H,8-11H2,1H3. The molecule has 0 aliphatic carbocycles. The van der Waals surface area contributed by atoms with Crippen molar-refractivity contribution in [3.8, 4) is 28.3 Å². The van der Waals surface area contributed by atoms with Gasteiger partial charge >= 0.3 is 0 Å². The Morgan fingerprint density at radius 3 is 1.46 bits per heavy atom. The maximum atomic E-state index is 12.9. The summed E-state index contributed by atoms with van der Waals surface area (Å²) in [6, 6.07) is 29.8. The molecule has 2 aromatic heterocycles. The first-order valence-corrected chi connectivity index (χ1v) is 24.3. The number of thiazole rings is 2. The molecule has 6 aromatic rings. The summed E-state index contributed by atoms with van der Waals surface area (Å²) in [5.74, 6) is 0.795. The molecule has 17 heteroatoms. The van der Waals surface area contributed by atoms with E-state index in [9.17, 15) is 16.8 Å². The van der Waals surface area contributed by atoms with E-state index in [0.29, 0.717) is 62.1 Å². The Hall–Kier alpha value is -3.68. The van der Waals surface area contributed by atoms with E-state index >= 15 is 0 Å². The van der Waals surface area contributed by atoms with Crippen LogP contribution in [0.25, 0.3) is 22.5 Å². The summed E-state index contributed by atoms with van der Waals surface area (Å²) in [6.45, 7) is 6.33. The van der Waals surface area contributed by atoms with Gasteiger partial charge in [0, 0.05) is 83.2 Å². The fraction of sp³-hybridized carbons (Fsp3) is 0.250. The Balaban J connectivity index is 0.000000174. The summed E-state index contributed by atoms with van der Waals surface area (Å²) in [5.41, 5.74) is 5.18. The number of hydrogen-bond acceptors (Lipinski definition) is 11. The van der Waals surface area contributed by atoms with Gasteiger partial charge in [0.2, 0.25) is 20.0 Å². The van der Waals surface area contributed by atoms with Crippen molar-refractivity contribution in [2.75, 3.05) is 69.3 Å². The molecule has 0 spiro atoms. The zero-order valence-corrected chi connectivity index (χ0v) is 37.6. The molecule has 2 saturated heterocycles. The van der Waals surface area contributed by atoms with Gasteiger partial charge in [-0.2, -0.15) is 8.61 Å². The Morgan fingerprint density at radius 2 is 1.02 bits per heavy atom. The number of rotatable bonds is 9. The predicted molar refractivity (Wildman–Crippen MR) is 237 cm³/mol. The minimum Gasteiger partial charge on any atom is -0.497 e. The molecule has 0 saturated carbocycles. The highest BCUT2D eigenvalue weighted by Crippen LogP contribution is 2.32. The zero-order chi connectivity index (χ0) is 40.2. The van der Waals surface area contributed by atoms with Crippen LogP contribution in [0.3, 0.4) is 0 Å². The monoisotopic (exact) mass is 970 g/mol. The normalized spacial score (nSPS) is 15.6. The van der Waals surface area contributed by atoms with Crippen molar-refractivity contribution in [2.45, 2.75) is 16.7 Å². The van der Waals surface area contributed by atoms with Crippen molar-refractivity contribution < 1.29 is 21.6 Å². The molecule has 2 fully saturated rings. The number of benzene rings is 4. The first kappa shape index (κ1) is 41.5. The third kappa shape index (κ3) is 9.79. The lowest BCUT2D eigenvalue weighted by Crippen LogP contribution is -2.48. The molecule has 57 heavy (non-hydrogen) atoms. The average molecular weight is 973 g/mol. The molecule has 4 aromatic carbocycles. The smallest absolute Gasteiger partial charge is 0.243 e. The molecule has 0 unspecified atom stereocenters. The van der Waals surface area contributed by atoms with Gasteiger partial charge < -0.3 is 14.5 Å². The molecule has 2 aliphatic heterocycles. The fourth-order valence-corrected chi connectivity index (χ4v) is 12.3. The molecule has 2 aliphatic rings. The third-order valence-electron chi connectivity index (χ3n) is 9.55. The SMILES string of the molecule is COc1cccc(-c2csc(N3CCN(S(=O)(=O)c4cccc(Br)c4)CC3)n2)c1.Cc1cccc(-c2csc(N3CCN(S(=O)(=O)c4cccc(Br)c4)CC3)n2)c1. The molecule has 298 valence electrons. The molecule has 11 nitrogen and oxygen atoms in total. The summed E-state index contributed by atoms with van der Waals surface area (Å²) < 4.78 is 61.4. The van der Waals surface area contributed by atoms with Crippen molar-refractivity contribution in [2.24, 2.45) is 0 Å². The van der Waals surface area contributed by atoms with Gasteiger partial charge in [-0.05, 0) is 61.5 Å². The van der Waals surface area contributed by atoms with Crippen LogP contribution in [0.5, 0.6) is 5.75 Å². The van der Waals surface area contributed by atoms with Gasteiger partial charge in [0.1, 0.15) is 5.75 Å². The van der Waals surface area contributed by atoms with Crippen molar-refractivity contribution >= 4 is 84.8 Å². The molecule has 4 heterocycles. The van der Waals surface area contributed by atoms with E-state index in [1.807, 2.05) is 47.8 Å². The third-order valence-corrected chi connectivity index (χ3v) is 16.1. The van der Waals surface area contributed by atoms with Crippen LogP contribution in [0.2, 0.25) is 0 Å². The van der Waals surface area contributed by atoms with Crippen molar-refractivity contribution in [3.63, 3.8) is 0 Å². The first-order valence-electron chi connectivity index (χ1n) is 18.0. The maximum Gasteiger partial charge on any atom is 0.243 e. The minimum atomic E-state index is -3.49. The first-order chi connectivity index (χ1) is 27.4. The molecule has 0 bridgehead atoms. The quantitative estimate of drug-likeness (QED) is 0.141. The molecule has 0 atom stereocenters. The minimum absolute atomic E-state index is 0.315. The van der Waals surface area contributed by atoms with E-state index in [-0.39, 0.29) is 0 Å². The summed E-state index contributed by atoms with van der Waals surface area (Å²) in [4.78, 5) is 14.5. The van der Waals surface area contributed by atoms with Crippen molar-refractivity contribution in [1.29, 1.82) is 0 Å². The van der Waals surface area contributed by atoms with Gasteiger partial charge in [0.05, 0.1) is 28.3 Å². The van der Waals surface area contributed by atoms with Gasteiger partial charge in [0.15, 0.2) is 10.3 Å². The van der Waals surface area contributed by atoms with Crippen molar-refractivity contribution in [3.05, 3.63) is 122 Å². The van der Waals surface area contributed by atoms with E-state index in [1.54, 1.807) is 74.8 Å². The highest BCUT2D eigenvalue weighted by molar-refractivity contribution is 9.10. The van der Waals surface area contributed by atoms with Crippen LogP contribution >= 0.6 is 54.5 Å². The van der Waals surface area contributed by atoms with Gasteiger partial charge in [-0.25, -0.2) is 26.8 Å². The lowest BCUT2D eigenvalue weighted by atomic mass is 10.1. The fourth-order valence-electron chi connectivity index (χ4n) is 6.46. The Labute approximate surface area is 358 Å². The number of hydrogen-bond donors (Lipinski definition) is 0. The van der Waals surface area contributed by atoms with Gasteiger partial charge in [-0.3, -0.25) is 0 Å². The number of halogens is 2. The van der Waals surface area contributed by atoms with Crippen molar-refractivity contribution in [1.82, 2.24) is 18.6 Å². The molecular weight excluding hydrogens is 933 g/mol.